The fourth-order valence-corrected chi connectivity index (χ4v) is 4.54. The van der Waals surface area contributed by atoms with Crippen LogP contribution in [-0.4, -0.2) is 16.7 Å². The molecule has 3 N–H and O–H groups in total. The number of nitrogens with one attached hydrogen (secondary N) is 1. The minimum absolute atomic E-state index is 0.000103. The first kappa shape index (κ1) is 21.8. The van der Waals surface area contributed by atoms with Gasteiger partial charge in [-0.05, 0) is 48.4 Å². The first-order valence-electron chi connectivity index (χ1n) is 10.9. The number of amides is 1. The molecule has 2 atom stereocenters. The summed E-state index contributed by atoms with van der Waals surface area (Å²) >= 11 is 0. The van der Waals surface area contributed by atoms with Crippen LogP contribution in [0.25, 0.3) is 5.57 Å². The number of nitrogens with two attached hydrogens (primary N) is 1. The van der Waals surface area contributed by atoms with E-state index in [0.717, 1.165) is 0 Å². The molecule has 2 heterocycles. The van der Waals surface area contributed by atoms with Crippen LogP contribution in [0.4, 0.5) is 20.3 Å². The number of nitrogen functional groups attached to an aromatic ring is 1. The molecule has 172 valence electrons. The van der Waals surface area contributed by atoms with Gasteiger partial charge in [-0.15, -0.1) is 0 Å². The van der Waals surface area contributed by atoms with Gasteiger partial charge >= 0.3 is 0 Å². The Morgan fingerprint density at radius 1 is 1.18 bits per heavy atom. The molecule has 1 aliphatic heterocycles. The van der Waals surface area contributed by atoms with E-state index in [2.05, 4.69) is 10.3 Å². The van der Waals surface area contributed by atoms with Crippen LogP contribution in [0.15, 0.2) is 66.5 Å². The topological polar surface area (TPSA) is 88.3 Å². The zero-order valence-electron chi connectivity index (χ0n) is 18.4. The molecule has 1 amide bonds. The van der Waals surface area contributed by atoms with E-state index in [0.29, 0.717) is 34.5 Å². The van der Waals surface area contributed by atoms with Gasteiger partial charge < -0.3 is 16.0 Å². The molecule has 8 heteroatoms. The summed E-state index contributed by atoms with van der Waals surface area (Å²) in [5.74, 6) is -1.55. The molecule has 5 rings (SSSR count). The number of allylic oxidation sites excluding steroid dienone is 1. The first-order valence-corrected chi connectivity index (χ1v) is 10.9. The lowest BCUT2D eigenvalue weighted by Gasteiger charge is -2.34. The zero-order valence-corrected chi connectivity index (χ0v) is 18.4. The van der Waals surface area contributed by atoms with Crippen LogP contribution < -0.4 is 16.0 Å². The predicted octanol–water partition coefficient (Wildman–Crippen LogP) is 4.14. The highest BCUT2D eigenvalue weighted by Gasteiger charge is 2.44. The number of hydrogen-bond acceptors (Lipinski definition) is 5. The van der Waals surface area contributed by atoms with Crippen molar-refractivity contribution in [2.75, 3.05) is 10.6 Å². The number of benzene rings is 2. The summed E-state index contributed by atoms with van der Waals surface area (Å²) in [6, 6.07) is 13.2. The van der Waals surface area contributed by atoms with Gasteiger partial charge in [0.2, 0.25) is 0 Å². The van der Waals surface area contributed by atoms with Crippen LogP contribution >= 0.6 is 0 Å². The number of fused-ring (bicyclic) bond motifs is 1. The summed E-state index contributed by atoms with van der Waals surface area (Å²) < 4.78 is 28.8. The van der Waals surface area contributed by atoms with Gasteiger partial charge in [0.05, 0.1) is 23.8 Å². The van der Waals surface area contributed by atoms with E-state index in [4.69, 9.17) is 5.73 Å². The summed E-state index contributed by atoms with van der Waals surface area (Å²) in [5, 5.41) is 2.92. The fourth-order valence-electron chi connectivity index (χ4n) is 4.54. The molecule has 2 aliphatic rings. The molecule has 1 saturated carbocycles. The van der Waals surface area contributed by atoms with E-state index < -0.39 is 29.5 Å². The van der Waals surface area contributed by atoms with Gasteiger partial charge in [0.1, 0.15) is 23.2 Å². The Labute approximate surface area is 195 Å². The molecule has 0 spiro atoms. The van der Waals surface area contributed by atoms with Crippen LogP contribution in [0.1, 0.15) is 36.1 Å². The number of anilines is 2. The second-order valence-electron chi connectivity index (χ2n) is 8.50. The van der Waals surface area contributed by atoms with E-state index in [1.165, 1.54) is 18.2 Å². The van der Waals surface area contributed by atoms with Crippen LogP contribution in [0.5, 0.6) is 0 Å². The van der Waals surface area contributed by atoms with E-state index in [1.807, 2.05) is 0 Å². The highest BCUT2D eigenvalue weighted by molar-refractivity contribution is 6.22. The van der Waals surface area contributed by atoms with Crippen molar-refractivity contribution >= 4 is 28.8 Å². The number of halogens is 2. The fraction of sp³-hybridized carbons (Fsp3) is 0.192. The lowest BCUT2D eigenvalue weighted by Crippen LogP contribution is -2.36. The van der Waals surface area contributed by atoms with Crippen molar-refractivity contribution in [2.24, 2.45) is 5.92 Å². The van der Waals surface area contributed by atoms with E-state index in [-0.39, 0.29) is 23.7 Å². The lowest BCUT2D eigenvalue weighted by atomic mass is 9.91. The van der Waals surface area contributed by atoms with Gasteiger partial charge in [-0.1, -0.05) is 24.3 Å². The summed E-state index contributed by atoms with van der Waals surface area (Å²) in [6.45, 7) is 1.93. The van der Waals surface area contributed by atoms with Crippen molar-refractivity contribution in [3.05, 3.63) is 94.8 Å². The highest BCUT2D eigenvalue weighted by Crippen LogP contribution is 2.40. The van der Waals surface area contributed by atoms with Crippen LogP contribution in [0.2, 0.25) is 0 Å². The predicted molar refractivity (Wildman–Crippen MR) is 124 cm³/mol. The maximum atomic E-state index is 14.9. The third-order valence-corrected chi connectivity index (χ3v) is 6.38. The van der Waals surface area contributed by atoms with Gasteiger partial charge in [0, 0.05) is 29.8 Å². The van der Waals surface area contributed by atoms with Gasteiger partial charge in [-0.25, -0.2) is 13.8 Å². The standard InChI is InChI=1S/C26H22F2N4O2/c1-14-23(26(34)31-24(18-12-22(18)33)15-5-2-6-16(27)11-15)17-7-3-8-20(28)19(17)13-32(14)21-9-4-10-30-25(21)29/h2-11,18,24H,12-13H2,1H3,(H2,29,30)(H,31,34)/t18?,24-/m1/s1. The molecule has 1 aliphatic carbocycles. The van der Waals surface area contributed by atoms with Crippen LogP contribution in [0.3, 0.4) is 0 Å². The molecule has 1 fully saturated rings. The highest BCUT2D eigenvalue weighted by atomic mass is 19.1. The first-order chi connectivity index (χ1) is 16.3. The Kier molecular flexibility index (Phi) is 5.36. The largest absolute Gasteiger partial charge is 0.382 e. The molecular formula is C26H22F2N4O2. The molecular weight excluding hydrogens is 438 g/mol. The van der Waals surface area contributed by atoms with Gasteiger partial charge in [0.25, 0.3) is 5.91 Å². The van der Waals surface area contributed by atoms with Crippen LogP contribution in [-0.2, 0) is 16.1 Å². The molecule has 1 aromatic heterocycles. The number of pyridine rings is 1. The molecule has 6 nitrogen and oxygen atoms in total. The Balaban J connectivity index is 1.58. The Morgan fingerprint density at radius 3 is 2.65 bits per heavy atom. The number of carbonyl (C=O) groups excluding carboxylic acids is 2. The quantitative estimate of drug-likeness (QED) is 0.598. The summed E-state index contributed by atoms with van der Waals surface area (Å²) in [5.41, 5.74) is 8.79. The number of hydrogen-bond donors (Lipinski definition) is 2. The minimum Gasteiger partial charge on any atom is -0.382 e. The van der Waals surface area contributed by atoms with E-state index in [9.17, 15) is 18.4 Å². The smallest absolute Gasteiger partial charge is 0.254 e. The average molecular weight is 460 g/mol. The Morgan fingerprint density at radius 2 is 1.94 bits per heavy atom. The third kappa shape index (κ3) is 3.81. The number of Topliss-reactive ketones (excluding diaryl/α,β-unsaturated/α-hetero) is 1. The second-order valence-corrected chi connectivity index (χ2v) is 8.50. The molecule has 34 heavy (non-hydrogen) atoms. The van der Waals surface area contributed by atoms with Crippen molar-refractivity contribution in [3.63, 3.8) is 0 Å². The third-order valence-electron chi connectivity index (χ3n) is 6.38. The monoisotopic (exact) mass is 460 g/mol. The number of carbonyl (C=O) groups is 2. The van der Waals surface area contributed by atoms with Gasteiger partial charge in [0.15, 0.2) is 0 Å². The number of nitrogens with zero attached hydrogens (tertiary/aromatic N) is 2. The lowest BCUT2D eigenvalue weighted by molar-refractivity contribution is -0.116. The zero-order chi connectivity index (χ0) is 24.0. The summed E-state index contributed by atoms with van der Waals surface area (Å²) in [6.07, 6.45) is 1.86. The van der Waals surface area contributed by atoms with E-state index in [1.54, 1.807) is 54.4 Å². The molecule has 0 bridgehead atoms. The molecule has 1 unspecified atom stereocenters. The van der Waals surface area contributed by atoms with Crippen molar-refractivity contribution < 1.29 is 18.4 Å². The molecule has 3 aromatic rings. The molecule has 0 saturated heterocycles. The summed E-state index contributed by atoms with van der Waals surface area (Å²) in [4.78, 5) is 31.5. The second kappa shape index (κ2) is 8.37. The van der Waals surface area contributed by atoms with Crippen molar-refractivity contribution in [1.82, 2.24) is 10.3 Å². The van der Waals surface area contributed by atoms with Gasteiger partial charge in [-0.3, -0.25) is 9.59 Å². The van der Waals surface area contributed by atoms with Gasteiger partial charge in [-0.2, -0.15) is 0 Å². The normalized spacial score (nSPS) is 17.9. The van der Waals surface area contributed by atoms with Crippen molar-refractivity contribution in [1.29, 1.82) is 0 Å². The number of rotatable bonds is 5. The number of ketones is 1. The van der Waals surface area contributed by atoms with Crippen LogP contribution in [0, 0.1) is 17.6 Å². The molecule has 2 aromatic carbocycles. The maximum Gasteiger partial charge on any atom is 0.254 e. The minimum atomic E-state index is -0.688. The Bertz CT molecular complexity index is 1350. The average Bonchev–Trinajstić information content (AvgIpc) is 3.54. The Hall–Kier alpha value is -4.07. The number of aromatic nitrogens is 1. The van der Waals surface area contributed by atoms with Crippen molar-refractivity contribution in [3.8, 4) is 0 Å². The molecule has 0 radical (unpaired) electrons. The summed E-state index contributed by atoms with van der Waals surface area (Å²) in [7, 11) is 0. The van der Waals surface area contributed by atoms with Crippen molar-refractivity contribution in [2.45, 2.75) is 25.9 Å². The SMILES string of the molecule is CC1=C(C(=O)N[C@H](c2cccc(F)c2)C2CC2=O)c2cccc(F)c2CN1c1cccnc1N. The maximum absolute atomic E-state index is 14.9. The van der Waals surface area contributed by atoms with E-state index >= 15 is 0 Å².